The number of rotatable bonds is 8. The molecule has 6 aromatic rings. The summed E-state index contributed by atoms with van der Waals surface area (Å²) in [5, 5.41) is 0. The van der Waals surface area contributed by atoms with E-state index in [-0.39, 0.29) is 28.6 Å². The van der Waals surface area contributed by atoms with Crippen LogP contribution in [0.15, 0.2) is 146 Å². The Kier molecular flexibility index (Phi) is 17.9. The predicted octanol–water partition coefficient (Wildman–Crippen LogP) is 14.0. The Morgan fingerprint density at radius 3 is 0.500 bits per heavy atom. The van der Waals surface area contributed by atoms with E-state index in [1.807, 2.05) is 0 Å². The Bertz CT molecular complexity index is 3150. The van der Waals surface area contributed by atoms with Crippen LogP contribution in [0.1, 0.15) is 49.9 Å². The Labute approximate surface area is 469 Å². The van der Waals surface area contributed by atoms with Crippen molar-refractivity contribution in [3.8, 4) is 0 Å². The normalized spacial score (nSPS) is 17.7. The van der Waals surface area contributed by atoms with E-state index < -0.39 is 154 Å². The van der Waals surface area contributed by atoms with Crippen LogP contribution in [0.4, 0.5) is 52.7 Å². The quantitative estimate of drug-likeness (QED) is 0.0803. The van der Waals surface area contributed by atoms with Crippen molar-refractivity contribution in [2.75, 3.05) is 0 Å². The second-order valence-electron chi connectivity index (χ2n) is 17.0. The average Bonchev–Trinajstić information content (AvgIpc) is 3.35. The van der Waals surface area contributed by atoms with Crippen LogP contribution in [0, 0.1) is 28.6 Å². The van der Waals surface area contributed by atoms with Gasteiger partial charge < -0.3 is 0 Å². The predicted molar refractivity (Wildman–Crippen MR) is 293 cm³/mol. The van der Waals surface area contributed by atoms with Gasteiger partial charge in [-0.3, -0.25) is 0 Å². The number of benzene rings is 6. The molecule has 428 valence electrons. The molecule has 0 aliphatic carbocycles. The van der Waals surface area contributed by atoms with E-state index in [4.69, 9.17) is 10.1 Å². The van der Waals surface area contributed by atoms with Gasteiger partial charge in [-0.25, -0.2) is 0 Å². The molecule has 0 N–H and O–H groups in total. The van der Waals surface area contributed by atoms with Gasteiger partial charge in [-0.1, -0.05) is 0 Å². The number of hydrogen-bond donors (Lipinski definition) is 0. The van der Waals surface area contributed by atoms with Gasteiger partial charge in [-0.15, -0.1) is 0 Å². The molecule has 0 saturated carbocycles. The first-order valence-corrected chi connectivity index (χ1v) is 38.9. The van der Waals surface area contributed by atoms with Crippen molar-refractivity contribution in [3.05, 3.63) is 196 Å². The first-order valence-electron chi connectivity index (χ1n) is 21.1. The molecule has 10 aliphatic rings. The van der Waals surface area contributed by atoms with Crippen molar-refractivity contribution in [3.63, 3.8) is 0 Å². The molecule has 0 atom stereocenters. The second-order valence-corrected chi connectivity index (χ2v) is 42.9. The standard InChI is InChI=1S/C46H36F12I4O12S4/c1-41(2)29-5-13-33(14-6-29)59(71-75(63,64)43(47,48)49)37-21-25-39(26-22-37)61(73-77(67,68)45(53,54)55)35-17-9-31(10-18-35)42(3,4)32-11-19-36(20-12-32)62(74-78(69,70)46(56,57)58)40-27-23-38(24-28-40)60(34-15-7-30(41)8-16-34)72-76(65,66)44(50,51)52/h5-28H,1-4H3. The SMILES string of the molecule is CC1(C)c2ccc(cc2)I(OS(=O)(=O)C(F)(F)F)c2ccc(cc2)I(OS(=O)(=O)C(F)(F)F)c2ccc(cc2)C(C)(C)c2ccc(cc2)I(OS(=O)(=O)C(F)(F)F)c2ccc(cc2)I(OS(=O)(=O)C(F)(F)F)c2ccc1cc2. The molecule has 10 heterocycles. The van der Waals surface area contributed by atoms with Gasteiger partial charge in [0.25, 0.3) is 0 Å². The van der Waals surface area contributed by atoms with Crippen molar-refractivity contribution in [1.29, 1.82) is 0 Å². The molecule has 32 heteroatoms. The summed E-state index contributed by atoms with van der Waals surface area (Å²) in [4.78, 5) is 0. The first kappa shape index (κ1) is 62.6. The molecule has 12 nitrogen and oxygen atoms in total. The first-order chi connectivity index (χ1) is 35.7. The van der Waals surface area contributed by atoms with E-state index in [2.05, 4.69) is 0 Å². The van der Waals surface area contributed by atoms with Crippen molar-refractivity contribution in [2.45, 2.75) is 60.6 Å². The average molecular weight is 1640 g/mol. The third kappa shape index (κ3) is 13.3. The van der Waals surface area contributed by atoms with Crippen LogP contribution in [0.25, 0.3) is 0 Å². The molecular formula is C46H36F12I4O12S4. The zero-order valence-corrected chi connectivity index (χ0v) is 51.3. The van der Waals surface area contributed by atoms with Crippen molar-refractivity contribution in [2.24, 2.45) is 0 Å². The van der Waals surface area contributed by atoms with Crippen molar-refractivity contribution >= 4 is 121 Å². The van der Waals surface area contributed by atoms with E-state index in [9.17, 15) is 86.4 Å². The molecule has 0 radical (unpaired) electrons. The maximum absolute atomic E-state index is 13.9. The van der Waals surface area contributed by atoms with E-state index in [0.717, 1.165) is 48.5 Å². The van der Waals surface area contributed by atoms with Crippen molar-refractivity contribution in [1.82, 2.24) is 0 Å². The fourth-order valence-electron chi connectivity index (χ4n) is 6.84. The molecule has 0 aromatic heterocycles. The van der Waals surface area contributed by atoms with Gasteiger partial charge in [0.1, 0.15) is 0 Å². The Hall–Kier alpha value is -2.96. The molecule has 6 aromatic carbocycles. The van der Waals surface area contributed by atoms with Crippen LogP contribution < -0.4 is 0 Å². The maximum atomic E-state index is 13.9. The summed E-state index contributed by atoms with van der Waals surface area (Å²) in [5.41, 5.74) is -24.2. The van der Waals surface area contributed by atoms with Gasteiger partial charge in [-0.05, 0) is 0 Å². The van der Waals surface area contributed by atoms with Gasteiger partial charge in [-0.2, -0.15) is 0 Å². The minimum atomic E-state index is -6.30. The molecule has 16 rings (SSSR count). The third-order valence-corrected chi connectivity index (χ3v) is 39.4. The fourth-order valence-corrected chi connectivity index (χ4v) is 32.5. The molecule has 0 saturated heterocycles. The van der Waals surface area contributed by atoms with Gasteiger partial charge >= 0.3 is 475 Å². The number of alkyl halides is 12. The molecule has 0 amide bonds. The van der Waals surface area contributed by atoms with Crippen LogP contribution in [-0.2, 0) is 61.4 Å². The zero-order valence-electron chi connectivity index (χ0n) is 39.4. The van der Waals surface area contributed by atoms with Gasteiger partial charge in [0.05, 0.1) is 0 Å². The molecular weight excluding hydrogens is 1610 g/mol. The number of halogens is 16. The van der Waals surface area contributed by atoms with Crippen LogP contribution >= 0.6 is 80.9 Å². The van der Waals surface area contributed by atoms with Gasteiger partial charge in [0.15, 0.2) is 0 Å². The molecule has 78 heavy (non-hydrogen) atoms. The van der Waals surface area contributed by atoms with Gasteiger partial charge in [0, 0.05) is 0 Å². The third-order valence-electron chi connectivity index (χ3n) is 11.2. The Morgan fingerprint density at radius 2 is 0.385 bits per heavy atom. The van der Waals surface area contributed by atoms with E-state index >= 15 is 0 Å². The minimum absolute atomic E-state index is 0.0556. The van der Waals surface area contributed by atoms with Crippen LogP contribution in [-0.4, -0.2) is 55.7 Å². The molecule has 12 bridgehead atoms. The summed E-state index contributed by atoms with van der Waals surface area (Å²) in [6.07, 6.45) is 0. The van der Waals surface area contributed by atoms with E-state index in [1.165, 1.54) is 97.1 Å². The fraction of sp³-hybridized carbons (Fsp3) is 0.217. The molecule has 10 aliphatic heterocycles. The molecule has 0 fully saturated rings. The monoisotopic (exact) mass is 1640 g/mol. The van der Waals surface area contributed by atoms with Crippen LogP contribution in [0.3, 0.4) is 0 Å². The zero-order chi connectivity index (χ0) is 58.0. The Balaban J connectivity index is 1.43. The summed E-state index contributed by atoms with van der Waals surface area (Å²) >= 11 is -17.1. The molecule has 0 spiro atoms. The second kappa shape index (κ2) is 22.3. The van der Waals surface area contributed by atoms with Crippen LogP contribution in [0.5, 0.6) is 0 Å². The summed E-state index contributed by atoms with van der Waals surface area (Å²) in [6, 6.07) is 30.0. The summed E-state index contributed by atoms with van der Waals surface area (Å²) in [5.74, 6) is 0. The topological polar surface area (TPSA) is 173 Å². The summed E-state index contributed by atoms with van der Waals surface area (Å²) in [7, 11) is -25.2. The van der Waals surface area contributed by atoms with Crippen molar-refractivity contribution < 1.29 is 96.4 Å². The van der Waals surface area contributed by atoms with E-state index in [0.29, 0.717) is 22.3 Å². The summed E-state index contributed by atoms with van der Waals surface area (Å²) < 4.78 is 286. The van der Waals surface area contributed by atoms with E-state index in [1.54, 1.807) is 27.7 Å². The molecule has 0 unspecified atom stereocenters. The van der Waals surface area contributed by atoms with Crippen LogP contribution in [0.2, 0.25) is 0 Å². The number of hydrogen-bond acceptors (Lipinski definition) is 12. The summed E-state index contributed by atoms with van der Waals surface area (Å²) in [6.45, 7) is 6.57. The van der Waals surface area contributed by atoms with Gasteiger partial charge in [0.2, 0.25) is 0 Å². The Morgan fingerprint density at radius 1 is 0.269 bits per heavy atom.